The molecule has 1 heterocycles. The SMILES string of the molecule is CCOc1ccccc1/C=C1\N=C(c2cc(OC)c(OC)c(OC)c2)OC1=O. The van der Waals surface area contributed by atoms with Gasteiger partial charge in [0.15, 0.2) is 17.2 Å². The topological polar surface area (TPSA) is 75.6 Å². The summed E-state index contributed by atoms with van der Waals surface area (Å²) in [6.07, 6.45) is 1.64. The van der Waals surface area contributed by atoms with Crippen LogP contribution in [0.3, 0.4) is 0 Å². The summed E-state index contributed by atoms with van der Waals surface area (Å²) < 4.78 is 26.9. The van der Waals surface area contributed by atoms with Crippen LogP contribution in [0.2, 0.25) is 0 Å². The van der Waals surface area contributed by atoms with Crippen molar-refractivity contribution < 1.29 is 28.5 Å². The van der Waals surface area contributed by atoms with E-state index < -0.39 is 5.97 Å². The Bertz CT molecular complexity index is 923. The van der Waals surface area contributed by atoms with Gasteiger partial charge in [-0.05, 0) is 31.2 Å². The molecule has 0 aromatic heterocycles. The van der Waals surface area contributed by atoms with Gasteiger partial charge in [0.1, 0.15) is 5.75 Å². The van der Waals surface area contributed by atoms with Gasteiger partial charge in [-0.3, -0.25) is 0 Å². The van der Waals surface area contributed by atoms with Gasteiger partial charge in [-0.25, -0.2) is 9.79 Å². The molecule has 0 fully saturated rings. The lowest BCUT2D eigenvalue weighted by Crippen LogP contribution is -2.07. The highest BCUT2D eigenvalue weighted by Gasteiger charge is 2.26. The van der Waals surface area contributed by atoms with E-state index in [1.807, 2.05) is 31.2 Å². The number of nitrogens with zero attached hydrogens (tertiary/aromatic N) is 1. The number of methoxy groups -OCH3 is 3. The lowest BCUT2D eigenvalue weighted by Gasteiger charge is -2.13. The number of esters is 1. The summed E-state index contributed by atoms with van der Waals surface area (Å²) in [5.41, 5.74) is 1.45. The van der Waals surface area contributed by atoms with E-state index in [-0.39, 0.29) is 11.6 Å². The lowest BCUT2D eigenvalue weighted by atomic mass is 10.1. The fraction of sp³-hybridized carbons (Fsp3) is 0.238. The Labute approximate surface area is 163 Å². The standard InChI is InChI=1S/C21H21NO6/c1-5-27-16-9-7-6-8-13(16)10-15-21(23)28-20(22-15)14-11-17(24-2)19(26-4)18(12-14)25-3/h6-12H,5H2,1-4H3/b15-10-. The molecule has 1 aliphatic heterocycles. The van der Waals surface area contributed by atoms with E-state index in [0.29, 0.717) is 35.2 Å². The monoisotopic (exact) mass is 383 g/mol. The number of cyclic esters (lactones) is 1. The van der Waals surface area contributed by atoms with Crippen molar-refractivity contribution in [3.63, 3.8) is 0 Å². The molecule has 0 bridgehead atoms. The average molecular weight is 383 g/mol. The summed E-state index contributed by atoms with van der Waals surface area (Å²) in [7, 11) is 4.54. The van der Waals surface area contributed by atoms with Gasteiger partial charge < -0.3 is 23.7 Å². The predicted octanol–water partition coefficient (Wildman–Crippen LogP) is 3.46. The maximum Gasteiger partial charge on any atom is 0.363 e. The summed E-state index contributed by atoms with van der Waals surface area (Å²) in [5.74, 6) is 1.60. The number of rotatable bonds is 7. The Morgan fingerprint density at radius 2 is 1.68 bits per heavy atom. The van der Waals surface area contributed by atoms with Gasteiger partial charge in [0.2, 0.25) is 11.6 Å². The summed E-state index contributed by atoms with van der Waals surface area (Å²) in [4.78, 5) is 16.7. The third kappa shape index (κ3) is 3.78. The van der Waals surface area contributed by atoms with Crippen LogP contribution < -0.4 is 18.9 Å². The van der Waals surface area contributed by atoms with E-state index >= 15 is 0 Å². The van der Waals surface area contributed by atoms with Crippen molar-refractivity contribution in [2.24, 2.45) is 4.99 Å². The Kier molecular flexibility index (Phi) is 5.84. The number of aliphatic imine (C=N–C) groups is 1. The summed E-state index contributed by atoms with van der Waals surface area (Å²) in [6, 6.07) is 10.7. The van der Waals surface area contributed by atoms with Gasteiger partial charge in [-0.2, -0.15) is 0 Å². The second-order valence-corrected chi connectivity index (χ2v) is 5.72. The first-order valence-corrected chi connectivity index (χ1v) is 8.66. The molecule has 0 unspecified atom stereocenters. The molecule has 2 aromatic carbocycles. The zero-order valence-electron chi connectivity index (χ0n) is 16.1. The minimum atomic E-state index is -0.546. The van der Waals surface area contributed by atoms with E-state index in [1.54, 1.807) is 18.2 Å². The van der Waals surface area contributed by atoms with Crippen molar-refractivity contribution in [3.8, 4) is 23.0 Å². The summed E-state index contributed by atoms with van der Waals surface area (Å²) in [5, 5.41) is 0. The molecule has 0 atom stereocenters. The molecule has 0 amide bonds. The number of carbonyl (C=O) groups excluding carboxylic acids is 1. The maximum atomic E-state index is 12.3. The minimum absolute atomic E-state index is 0.157. The molecule has 0 radical (unpaired) electrons. The highest BCUT2D eigenvalue weighted by atomic mass is 16.6. The van der Waals surface area contributed by atoms with Gasteiger partial charge in [0.25, 0.3) is 0 Å². The van der Waals surface area contributed by atoms with Crippen LogP contribution in [0.25, 0.3) is 6.08 Å². The van der Waals surface area contributed by atoms with Gasteiger partial charge in [-0.1, -0.05) is 18.2 Å². The lowest BCUT2D eigenvalue weighted by molar-refractivity contribution is -0.129. The normalized spacial score (nSPS) is 14.5. The summed E-state index contributed by atoms with van der Waals surface area (Å²) in [6.45, 7) is 2.42. The van der Waals surface area contributed by atoms with Crippen molar-refractivity contribution in [2.45, 2.75) is 6.92 Å². The molecular formula is C21H21NO6. The molecule has 0 aliphatic carbocycles. The van der Waals surface area contributed by atoms with Crippen LogP contribution in [0.1, 0.15) is 18.1 Å². The largest absolute Gasteiger partial charge is 0.493 e. The third-order valence-electron chi connectivity index (χ3n) is 4.04. The second kappa shape index (κ2) is 8.47. The van der Waals surface area contributed by atoms with Crippen LogP contribution in [-0.4, -0.2) is 39.8 Å². The predicted molar refractivity (Wildman–Crippen MR) is 104 cm³/mol. The number of benzene rings is 2. The fourth-order valence-electron chi connectivity index (χ4n) is 2.77. The van der Waals surface area contributed by atoms with Crippen molar-refractivity contribution in [1.82, 2.24) is 0 Å². The Morgan fingerprint density at radius 3 is 2.29 bits per heavy atom. The van der Waals surface area contributed by atoms with Crippen molar-refractivity contribution in [3.05, 3.63) is 53.2 Å². The molecular weight excluding hydrogens is 362 g/mol. The van der Waals surface area contributed by atoms with Crippen LogP contribution in [0.4, 0.5) is 0 Å². The number of hydrogen-bond donors (Lipinski definition) is 0. The maximum absolute atomic E-state index is 12.3. The van der Waals surface area contributed by atoms with E-state index in [1.165, 1.54) is 21.3 Å². The van der Waals surface area contributed by atoms with Crippen LogP contribution in [0.15, 0.2) is 47.1 Å². The molecule has 0 spiro atoms. The number of ether oxygens (including phenoxy) is 5. The van der Waals surface area contributed by atoms with Crippen LogP contribution in [-0.2, 0) is 9.53 Å². The Morgan fingerprint density at radius 1 is 1.00 bits per heavy atom. The Hall–Kier alpha value is -3.48. The highest BCUT2D eigenvalue weighted by Crippen LogP contribution is 2.39. The molecule has 1 aliphatic rings. The molecule has 7 nitrogen and oxygen atoms in total. The second-order valence-electron chi connectivity index (χ2n) is 5.72. The quantitative estimate of drug-likeness (QED) is 0.538. The molecule has 7 heteroatoms. The fourth-order valence-corrected chi connectivity index (χ4v) is 2.77. The van der Waals surface area contributed by atoms with E-state index in [0.717, 1.165) is 5.56 Å². The van der Waals surface area contributed by atoms with E-state index in [2.05, 4.69) is 4.99 Å². The molecule has 0 N–H and O–H groups in total. The molecule has 0 saturated heterocycles. The smallest absolute Gasteiger partial charge is 0.363 e. The Balaban J connectivity index is 2.01. The average Bonchev–Trinajstić information content (AvgIpc) is 3.08. The molecule has 2 aromatic rings. The molecule has 0 saturated carbocycles. The molecule has 3 rings (SSSR count). The first-order chi connectivity index (χ1) is 13.6. The van der Waals surface area contributed by atoms with E-state index in [4.69, 9.17) is 23.7 Å². The minimum Gasteiger partial charge on any atom is -0.493 e. The number of carbonyl (C=O) groups is 1. The zero-order chi connectivity index (χ0) is 20.1. The van der Waals surface area contributed by atoms with E-state index in [9.17, 15) is 4.79 Å². The highest BCUT2D eigenvalue weighted by molar-refractivity contribution is 6.13. The number of para-hydroxylation sites is 1. The molecule has 28 heavy (non-hydrogen) atoms. The van der Waals surface area contributed by atoms with Crippen LogP contribution >= 0.6 is 0 Å². The number of hydrogen-bond acceptors (Lipinski definition) is 7. The zero-order valence-corrected chi connectivity index (χ0v) is 16.1. The van der Waals surface area contributed by atoms with Crippen molar-refractivity contribution >= 4 is 17.9 Å². The van der Waals surface area contributed by atoms with Gasteiger partial charge in [0, 0.05) is 11.1 Å². The van der Waals surface area contributed by atoms with Crippen molar-refractivity contribution in [1.29, 1.82) is 0 Å². The molecule has 146 valence electrons. The summed E-state index contributed by atoms with van der Waals surface area (Å²) >= 11 is 0. The van der Waals surface area contributed by atoms with Crippen LogP contribution in [0, 0.1) is 0 Å². The van der Waals surface area contributed by atoms with Gasteiger partial charge in [0.05, 0.1) is 27.9 Å². The van der Waals surface area contributed by atoms with Crippen LogP contribution in [0.5, 0.6) is 23.0 Å². The van der Waals surface area contributed by atoms with Gasteiger partial charge in [-0.15, -0.1) is 0 Å². The van der Waals surface area contributed by atoms with Crippen molar-refractivity contribution in [2.75, 3.05) is 27.9 Å². The first kappa shape index (κ1) is 19.3. The first-order valence-electron chi connectivity index (χ1n) is 8.66. The van der Waals surface area contributed by atoms with Gasteiger partial charge >= 0.3 is 5.97 Å². The third-order valence-corrected chi connectivity index (χ3v) is 4.04.